The monoisotopic (exact) mass is 226 g/mol. The molecule has 2 N–H and O–H groups in total. The molecule has 2 heterocycles. The summed E-state index contributed by atoms with van der Waals surface area (Å²) < 4.78 is 5.42. The third-order valence-corrected chi connectivity index (χ3v) is 3.42. The van der Waals surface area contributed by atoms with Gasteiger partial charge in [0.05, 0.1) is 6.04 Å². The van der Waals surface area contributed by atoms with Gasteiger partial charge in [-0.3, -0.25) is 4.79 Å². The molecule has 2 fully saturated rings. The van der Waals surface area contributed by atoms with E-state index in [0.717, 1.165) is 58.3 Å². The second-order valence-electron chi connectivity index (χ2n) is 4.75. The largest absolute Gasteiger partial charge is 0.381 e. The van der Waals surface area contributed by atoms with Crippen molar-refractivity contribution in [2.45, 2.75) is 50.6 Å². The van der Waals surface area contributed by atoms with Gasteiger partial charge in [0.25, 0.3) is 0 Å². The van der Waals surface area contributed by atoms with Crippen molar-refractivity contribution in [3.05, 3.63) is 0 Å². The van der Waals surface area contributed by atoms with Gasteiger partial charge in [0.1, 0.15) is 0 Å². The lowest BCUT2D eigenvalue weighted by atomic mass is 10.1. The van der Waals surface area contributed by atoms with Gasteiger partial charge in [-0.2, -0.15) is 0 Å². The average Bonchev–Trinajstić information content (AvgIpc) is 2.64. The van der Waals surface area contributed by atoms with Crippen LogP contribution in [-0.2, 0) is 9.53 Å². The summed E-state index contributed by atoms with van der Waals surface area (Å²) in [6.45, 7) is 2.53. The molecule has 0 saturated carbocycles. The summed E-state index contributed by atoms with van der Waals surface area (Å²) in [5.74, 6) is 0.183. The molecule has 0 bridgehead atoms. The van der Waals surface area contributed by atoms with E-state index in [2.05, 4.69) is 10.6 Å². The fourth-order valence-electron chi connectivity index (χ4n) is 2.45. The third-order valence-electron chi connectivity index (χ3n) is 3.42. The van der Waals surface area contributed by atoms with Crippen molar-refractivity contribution in [1.29, 1.82) is 0 Å². The highest BCUT2D eigenvalue weighted by molar-refractivity contribution is 5.81. The molecule has 2 rings (SSSR count). The molecule has 0 spiro atoms. The molecule has 0 aliphatic carbocycles. The summed E-state index contributed by atoms with van der Waals surface area (Å²) in [6, 6.07) is 0.474. The van der Waals surface area contributed by atoms with Crippen LogP contribution >= 0.6 is 0 Å². The van der Waals surface area contributed by atoms with Crippen LogP contribution in [0.4, 0.5) is 0 Å². The first-order chi connectivity index (χ1) is 7.86. The van der Waals surface area contributed by atoms with Gasteiger partial charge in [-0.15, -0.1) is 0 Å². The van der Waals surface area contributed by atoms with Gasteiger partial charge in [0.15, 0.2) is 0 Å². The first kappa shape index (κ1) is 11.9. The summed E-state index contributed by atoms with van der Waals surface area (Å²) in [5, 5.41) is 6.46. The van der Waals surface area contributed by atoms with Crippen LogP contribution in [-0.4, -0.2) is 37.7 Å². The van der Waals surface area contributed by atoms with Crippen LogP contribution in [0, 0.1) is 0 Å². The Morgan fingerprint density at radius 1 is 1.12 bits per heavy atom. The molecule has 2 aliphatic heterocycles. The third kappa shape index (κ3) is 3.46. The van der Waals surface area contributed by atoms with Crippen LogP contribution in [0.15, 0.2) is 0 Å². The van der Waals surface area contributed by atoms with Gasteiger partial charge < -0.3 is 15.4 Å². The number of carbonyl (C=O) groups is 1. The maximum absolute atomic E-state index is 11.8. The zero-order valence-electron chi connectivity index (χ0n) is 9.84. The number of rotatable bonds is 2. The fraction of sp³-hybridized carbons (Fsp3) is 0.917. The van der Waals surface area contributed by atoms with Crippen LogP contribution in [0.25, 0.3) is 0 Å². The molecule has 1 amide bonds. The summed E-state index contributed by atoms with van der Waals surface area (Å²) in [4.78, 5) is 11.8. The Kier molecular flexibility index (Phi) is 4.60. The van der Waals surface area contributed by atoms with E-state index in [4.69, 9.17) is 4.74 Å². The van der Waals surface area contributed by atoms with Crippen LogP contribution in [0.5, 0.6) is 0 Å². The van der Waals surface area contributed by atoms with Crippen molar-refractivity contribution in [3.8, 4) is 0 Å². The van der Waals surface area contributed by atoms with E-state index in [1.165, 1.54) is 0 Å². The minimum absolute atomic E-state index is 0.0191. The van der Waals surface area contributed by atoms with E-state index in [1.54, 1.807) is 0 Å². The Morgan fingerprint density at radius 3 is 3.00 bits per heavy atom. The topological polar surface area (TPSA) is 50.4 Å². The highest BCUT2D eigenvalue weighted by Gasteiger charge is 2.23. The average molecular weight is 226 g/mol. The first-order valence-electron chi connectivity index (χ1n) is 6.48. The second kappa shape index (κ2) is 6.21. The van der Waals surface area contributed by atoms with Gasteiger partial charge in [-0.05, 0) is 38.5 Å². The summed E-state index contributed by atoms with van der Waals surface area (Å²) in [5.41, 5.74) is 0. The predicted octanol–water partition coefficient (Wildman–Crippen LogP) is 0.814. The summed E-state index contributed by atoms with van der Waals surface area (Å²) >= 11 is 0. The number of hydrogen-bond donors (Lipinski definition) is 2. The van der Waals surface area contributed by atoms with Crippen LogP contribution in [0.2, 0.25) is 0 Å². The number of amides is 1. The smallest absolute Gasteiger partial charge is 0.237 e. The van der Waals surface area contributed by atoms with E-state index in [0.29, 0.717) is 6.04 Å². The lowest BCUT2D eigenvalue weighted by Gasteiger charge is -2.22. The standard InChI is InChI=1S/C12H22N2O2/c15-12-11(5-1-2-7-13-12)14-10-4-3-8-16-9-6-10/h10-11,14H,1-9H2,(H,13,15). The summed E-state index contributed by atoms with van der Waals surface area (Å²) in [6.07, 6.45) is 6.49. The number of carbonyl (C=O) groups excluding carboxylic acids is 1. The first-order valence-corrected chi connectivity index (χ1v) is 6.48. The molecule has 0 radical (unpaired) electrons. The Bertz CT molecular complexity index is 225. The Hall–Kier alpha value is -0.610. The van der Waals surface area contributed by atoms with Crippen LogP contribution in [0.1, 0.15) is 38.5 Å². The number of nitrogens with one attached hydrogen (secondary N) is 2. The molecule has 2 atom stereocenters. The van der Waals surface area contributed by atoms with Crippen molar-refractivity contribution in [1.82, 2.24) is 10.6 Å². The predicted molar refractivity (Wildman–Crippen MR) is 62.2 cm³/mol. The molecule has 92 valence electrons. The Morgan fingerprint density at radius 2 is 2.06 bits per heavy atom. The SMILES string of the molecule is O=C1NCCCCC1NC1CCCOCC1. The maximum Gasteiger partial charge on any atom is 0.237 e. The molecule has 0 aromatic heterocycles. The molecular formula is C12H22N2O2. The van der Waals surface area contributed by atoms with Crippen molar-refractivity contribution in [2.75, 3.05) is 19.8 Å². The number of hydrogen-bond acceptors (Lipinski definition) is 3. The molecule has 2 aliphatic rings. The lowest BCUT2D eigenvalue weighted by molar-refractivity contribution is -0.123. The van der Waals surface area contributed by atoms with Crippen molar-refractivity contribution >= 4 is 5.91 Å². The van der Waals surface area contributed by atoms with Crippen molar-refractivity contribution in [3.63, 3.8) is 0 Å². The second-order valence-corrected chi connectivity index (χ2v) is 4.75. The van der Waals surface area contributed by atoms with E-state index in [9.17, 15) is 4.79 Å². The van der Waals surface area contributed by atoms with Crippen molar-refractivity contribution in [2.24, 2.45) is 0 Å². The molecule has 4 nitrogen and oxygen atoms in total. The molecule has 4 heteroatoms. The molecule has 0 aromatic carbocycles. The lowest BCUT2D eigenvalue weighted by Crippen LogP contribution is -2.47. The Balaban J connectivity index is 1.83. The van der Waals surface area contributed by atoms with Gasteiger partial charge >= 0.3 is 0 Å². The fourth-order valence-corrected chi connectivity index (χ4v) is 2.45. The van der Waals surface area contributed by atoms with Gasteiger partial charge in [-0.25, -0.2) is 0 Å². The normalized spacial score (nSPS) is 32.6. The van der Waals surface area contributed by atoms with Crippen LogP contribution < -0.4 is 10.6 Å². The van der Waals surface area contributed by atoms with E-state index < -0.39 is 0 Å². The minimum atomic E-state index is 0.0191. The minimum Gasteiger partial charge on any atom is -0.381 e. The number of ether oxygens (including phenoxy) is 1. The Labute approximate surface area is 97.1 Å². The zero-order chi connectivity index (χ0) is 11.2. The molecule has 0 aromatic rings. The van der Waals surface area contributed by atoms with E-state index >= 15 is 0 Å². The molecule has 2 saturated heterocycles. The van der Waals surface area contributed by atoms with E-state index in [1.807, 2.05) is 0 Å². The van der Waals surface area contributed by atoms with Crippen molar-refractivity contribution < 1.29 is 9.53 Å². The van der Waals surface area contributed by atoms with E-state index in [-0.39, 0.29) is 11.9 Å². The van der Waals surface area contributed by atoms with Gasteiger partial charge in [0.2, 0.25) is 5.91 Å². The highest BCUT2D eigenvalue weighted by Crippen LogP contribution is 2.12. The quantitative estimate of drug-likeness (QED) is 0.732. The van der Waals surface area contributed by atoms with Crippen LogP contribution in [0.3, 0.4) is 0 Å². The molecular weight excluding hydrogens is 204 g/mol. The molecule has 16 heavy (non-hydrogen) atoms. The highest BCUT2D eigenvalue weighted by atomic mass is 16.5. The summed E-state index contributed by atoms with van der Waals surface area (Å²) in [7, 11) is 0. The maximum atomic E-state index is 11.8. The van der Waals surface area contributed by atoms with Gasteiger partial charge in [-0.1, -0.05) is 0 Å². The van der Waals surface area contributed by atoms with Gasteiger partial charge in [0, 0.05) is 25.8 Å². The zero-order valence-corrected chi connectivity index (χ0v) is 9.84. The molecule has 2 unspecified atom stereocenters.